The number of nitrogens with zero attached hydrogens (tertiary/aromatic N) is 2. The number of nitro groups is 1. The van der Waals surface area contributed by atoms with Gasteiger partial charge in [-0.05, 0) is 18.9 Å². The standard InChI is InChI=1S/C15H24N2O4/c1-13-14(6-4-7-15(13)17(18)19)12-16(9-11-21-3)8-5-10-20-2/h4,6-7H,5,8-12H2,1-3H3. The summed E-state index contributed by atoms with van der Waals surface area (Å²) in [7, 11) is 3.36. The van der Waals surface area contributed by atoms with Crippen molar-refractivity contribution in [2.45, 2.75) is 19.9 Å². The fourth-order valence-electron chi connectivity index (χ4n) is 2.20. The fourth-order valence-corrected chi connectivity index (χ4v) is 2.20. The second-order valence-electron chi connectivity index (χ2n) is 4.93. The van der Waals surface area contributed by atoms with Gasteiger partial charge in [-0.3, -0.25) is 15.0 Å². The molecule has 1 aromatic carbocycles. The number of hydrogen-bond donors (Lipinski definition) is 0. The van der Waals surface area contributed by atoms with Gasteiger partial charge in [0.25, 0.3) is 5.69 Å². The Labute approximate surface area is 125 Å². The van der Waals surface area contributed by atoms with Gasteiger partial charge in [0.1, 0.15) is 0 Å². The summed E-state index contributed by atoms with van der Waals surface area (Å²) in [4.78, 5) is 12.9. The van der Waals surface area contributed by atoms with Crippen molar-refractivity contribution in [3.63, 3.8) is 0 Å². The van der Waals surface area contributed by atoms with E-state index in [2.05, 4.69) is 4.90 Å². The number of methoxy groups -OCH3 is 2. The molecular formula is C15H24N2O4. The highest BCUT2D eigenvalue weighted by atomic mass is 16.6. The largest absolute Gasteiger partial charge is 0.385 e. The lowest BCUT2D eigenvalue weighted by atomic mass is 10.1. The van der Waals surface area contributed by atoms with Gasteiger partial charge in [0.15, 0.2) is 0 Å². The van der Waals surface area contributed by atoms with E-state index in [0.717, 1.165) is 30.6 Å². The minimum Gasteiger partial charge on any atom is -0.385 e. The summed E-state index contributed by atoms with van der Waals surface area (Å²) in [5, 5.41) is 11.0. The third kappa shape index (κ3) is 5.79. The van der Waals surface area contributed by atoms with Crippen molar-refractivity contribution in [3.05, 3.63) is 39.4 Å². The molecule has 0 atom stereocenters. The molecule has 6 heteroatoms. The lowest BCUT2D eigenvalue weighted by Crippen LogP contribution is -2.29. The van der Waals surface area contributed by atoms with E-state index >= 15 is 0 Å². The molecule has 0 radical (unpaired) electrons. The van der Waals surface area contributed by atoms with E-state index in [1.165, 1.54) is 0 Å². The Balaban J connectivity index is 2.77. The third-order valence-electron chi connectivity index (χ3n) is 3.44. The maximum atomic E-state index is 11.0. The van der Waals surface area contributed by atoms with Gasteiger partial charge in [-0.1, -0.05) is 12.1 Å². The number of nitro benzene ring substituents is 1. The summed E-state index contributed by atoms with van der Waals surface area (Å²) in [5.74, 6) is 0. The van der Waals surface area contributed by atoms with Gasteiger partial charge in [-0.25, -0.2) is 0 Å². The minimum atomic E-state index is -0.330. The molecule has 0 N–H and O–H groups in total. The van der Waals surface area contributed by atoms with Gasteiger partial charge in [-0.2, -0.15) is 0 Å². The van der Waals surface area contributed by atoms with Crippen LogP contribution in [-0.2, 0) is 16.0 Å². The smallest absolute Gasteiger partial charge is 0.272 e. The van der Waals surface area contributed by atoms with Crippen LogP contribution in [-0.4, -0.2) is 50.3 Å². The summed E-state index contributed by atoms with van der Waals surface area (Å²) in [6, 6.07) is 5.23. The second kappa shape index (κ2) is 9.44. The first kappa shape index (κ1) is 17.6. The molecule has 118 valence electrons. The van der Waals surface area contributed by atoms with Crippen molar-refractivity contribution < 1.29 is 14.4 Å². The topological polar surface area (TPSA) is 64.8 Å². The second-order valence-corrected chi connectivity index (χ2v) is 4.93. The Hall–Kier alpha value is -1.50. The summed E-state index contributed by atoms with van der Waals surface area (Å²) in [5.41, 5.74) is 1.89. The maximum absolute atomic E-state index is 11.0. The minimum absolute atomic E-state index is 0.177. The number of hydrogen-bond acceptors (Lipinski definition) is 5. The van der Waals surface area contributed by atoms with Crippen molar-refractivity contribution in [3.8, 4) is 0 Å². The van der Waals surface area contributed by atoms with Crippen LogP contribution in [0.15, 0.2) is 18.2 Å². The lowest BCUT2D eigenvalue weighted by molar-refractivity contribution is -0.385. The van der Waals surface area contributed by atoms with Gasteiger partial charge in [0.05, 0.1) is 11.5 Å². The highest BCUT2D eigenvalue weighted by molar-refractivity contribution is 5.44. The Morgan fingerprint density at radius 3 is 2.52 bits per heavy atom. The monoisotopic (exact) mass is 296 g/mol. The first-order chi connectivity index (χ1) is 10.1. The van der Waals surface area contributed by atoms with E-state index in [1.807, 2.05) is 6.07 Å². The normalized spacial score (nSPS) is 11.0. The molecule has 6 nitrogen and oxygen atoms in total. The highest BCUT2D eigenvalue weighted by Gasteiger charge is 2.15. The van der Waals surface area contributed by atoms with Crippen LogP contribution in [0.3, 0.4) is 0 Å². The number of ether oxygens (including phenoxy) is 2. The molecule has 0 spiro atoms. The van der Waals surface area contributed by atoms with Crippen molar-refractivity contribution in [2.75, 3.05) is 40.5 Å². The van der Waals surface area contributed by atoms with Crippen LogP contribution >= 0.6 is 0 Å². The van der Waals surface area contributed by atoms with Crippen LogP contribution in [0.1, 0.15) is 17.5 Å². The molecule has 0 saturated heterocycles. The molecule has 0 bridgehead atoms. The zero-order chi connectivity index (χ0) is 15.7. The molecule has 0 fully saturated rings. The van der Waals surface area contributed by atoms with E-state index in [1.54, 1.807) is 33.3 Å². The number of rotatable bonds is 10. The van der Waals surface area contributed by atoms with Gasteiger partial charge in [0.2, 0.25) is 0 Å². The quantitative estimate of drug-likeness (QED) is 0.377. The summed E-state index contributed by atoms with van der Waals surface area (Å²) < 4.78 is 10.2. The Morgan fingerprint density at radius 2 is 1.90 bits per heavy atom. The van der Waals surface area contributed by atoms with Crippen LogP contribution < -0.4 is 0 Å². The zero-order valence-corrected chi connectivity index (χ0v) is 13.0. The maximum Gasteiger partial charge on any atom is 0.272 e. The molecular weight excluding hydrogens is 272 g/mol. The van der Waals surface area contributed by atoms with Crippen LogP contribution in [0, 0.1) is 17.0 Å². The van der Waals surface area contributed by atoms with Crippen molar-refractivity contribution in [1.29, 1.82) is 0 Å². The molecule has 0 aliphatic heterocycles. The van der Waals surface area contributed by atoms with Crippen molar-refractivity contribution in [1.82, 2.24) is 4.90 Å². The average molecular weight is 296 g/mol. The van der Waals surface area contributed by atoms with Gasteiger partial charge in [0, 0.05) is 52.1 Å². The van der Waals surface area contributed by atoms with Gasteiger partial charge >= 0.3 is 0 Å². The molecule has 21 heavy (non-hydrogen) atoms. The molecule has 1 rings (SSSR count). The summed E-state index contributed by atoms with van der Waals surface area (Å²) >= 11 is 0. The van der Waals surface area contributed by atoms with Crippen LogP contribution in [0.25, 0.3) is 0 Å². The third-order valence-corrected chi connectivity index (χ3v) is 3.44. The molecule has 0 aliphatic rings. The highest BCUT2D eigenvalue weighted by Crippen LogP contribution is 2.22. The molecule has 1 aromatic rings. The SMILES string of the molecule is COCCCN(CCOC)Cc1cccc([N+](=O)[O-])c1C. The molecule has 0 aliphatic carbocycles. The zero-order valence-electron chi connectivity index (χ0n) is 13.0. The summed E-state index contributed by atoms with van der Waals surface area (Å²) in [6.45, 7) is 5.50. The average Bonchev–Trinajstić information content (AvgIpc) is 2.46. The number of benzene rings is 1. The fraction of sp³-hybridized carbons (Fsp3) is 0.600. The Morgan fingerprint density at radius 1 is 1.19 bits per heavy atom. The predicted octanol–water partition coefficient (Wildman–Crippen LogP) is 2.39. The van der Waals surface area contributed by atoms with Gasteiger partial charge in [-0.15, -0.1) is 0 Å². The van der Waals surface area contributed by atoms with E-state index in [-0.39, 0.29) is 10.6 Å². The summed E-state index contributed by atoms with van der Waals surface area (Å²) in [6.07, 6.45) is 0.925. The molecule has 0 unspecified atom stereocenters. The molecule has 0 heterocycles. The van der Waals surface area contributed by atoms with Crippen molar-refractivity contribution in [2.24, 2.45) is 0 Å². The van der Waals surface area contributed by atoms with E-state index < -0.39 is 0 Å². The first-order valence-corrected chi connectivity index (χ1v) is 7.03. The first-order valence-electron chi connectivity index (χ1n) is 7.03. The molecule has 0 aromatic heterocycles. The van der Waals surface area contributed by atoms with E-state index in [9.17, 15) is 10.1 Å². The van der Waals surface area contributed by atoms with Crippen molar-refractivity contribution >= 4 is 5.69 Å². The molecule has 0 amide bonds. The van der Waals surface area contributed by atoms with Crippen LogP contribution in [0.2, 0.25) is 0 Å². The predicted molar refractivity (Wildman–Crippen MR) is 81.5 cm³/mol. The van der Waals surface area contributed by atoms with E-state index in [4.69, 9.17) is 9.47 Å². The Kier molecular flexibility index (Phi) is 7.89. The Bertz CT molecular complexity index is 451. The van der Waals surface area contributed by atoms with E-state index in [0.29, 0.717) is 19.8 Å². The van der Waals surface area contributed by atoms with Gasteiger partial charge < -0.3 is 9.47 Å². The van der Waals surface area contributed by atoms with Crippen LogP contribution in [0.5, 0.6) is 0 Å². The van der Waals surface area contributed by atoms with Crippen LogP contribution in [0.4, 0.5) is 5.69 Å². The molecule has 0 saturated carbocycles. The lowest BCUT2D eigenvalue weighted by Gasteiger charge is -2.22.